The van der Waals surface area contributed by atoms with Crippen LogP contribution in [0.15, 0.2) is 59.5 Å². The van der Waals surface area contributed by atoms with Gasteiger partial charge in [0.25, 0.3) is 10.0 Å². The lowest BCUT2D eigenvalue weighted by atomic mass is 10.2. The van der Waals surface area contributed by atoms with Crippen LogP contribution in [0.1, 0.15) is 5.56 Å². The molecule has 5 nitrogen and oxygen atoms in total. The van der Waals surface area contributed by atoms with E-state index in [0.29, 0.717) is 0 Å². The molecule has 0 aliphatic heterocycles. The number of aryl methyl sites for hydroxylation is 1. The first-order chi connectivity index (χ1) is 9.47. The summed E-state index contributed by atoms with van der Waals surface area (Å²) in [7, 11) is -3.92. The van der Waals surface area contributed by atoms with Crippen molar-refractivity contribution in [2.75, 3.05) is 0 Å². The number of carbonyl (C=O) groups is 1. The van der Waals surface area contributed by atoms with Crippen molar-refractivity contribution in [1.29, 1.82) is 0 Å². The molecule has 0 aliphatic rings. The van der Waals surface area contributed by atoms with Gasteiger partial charge in [-0.25, -0.2) is 17.9 Å². The van der Waals surface area contributed by atoms with Crippen molar-refractivity contribution in [3.8, 4) is 5.75 Å². The molecule has 6 heteroatoms. The highest BCUT2D eigenvalue weighted by Crippen LogP contribution is 2.12. The normalized spacial score (nSPS) is 10.8. The average Bonchev–Trinajstić information content (AvgIpc) is 2.39. The molecule has 0 fully saturated rings. The molecule has 0 bridgehead atoms. The lowest BCUT2D eigenvalue weighted by Gasteiger charge is -2.07. The minimum Gasteiger partial charge on any atom is -0.410 e. The fraction of sp³-hybridized carbons (Fsp3) is 0.0714. The maximum atomic E-state index is 11.9. The summed E-state index contributed by atoms with van der Waals surface area (Å²) in [5.41, 5.74) is 0.927. The Kier molecular flexibility index (Phi) is 4.05. The largest absolute Gasteiger partial charge is 0.426 e. The Morgan fingerprint density at radius 3 is 2.20 bits per heavy atom. The lowest BCUT2D eigenvalue weighted by Crippen LogP contribution is -2.33. The van der Waals surface area contributed by atoms with Crippen molar-refractivity contribution in [2.24, 2.45) is 0 Å². The van der Waals surface area contributed by atoms with E-state index < -0.39 is 16.1 Å². The predicted octanol–water partition coefficient (Wildman–Crippen LogP) is 2.47. The Morgan fingerprint density at radius 2 is 1.60 bits per heavy atom. The second kappa shape index (κ2) is 5.75. The van der Waals surface area contributed by atoms with E-state index in [1.54, 1.807) is 42.5 Å². The Hall–Kier alpha value is -2.34. The minimum atomic E-state index is -3.92. The number of sulfonamides is 1. The van der Waals surface area contributed by atoms with Crippen LogP contribution in [0.2, 0.25) is 0 Å². The van der Waals surface area contributed by atoms with Crippen molar-refractivity contribution < 1.29 is 17.9 Å². The van der Waals surface area contributed by atoms with Crippen molar-refractivity contribution >= 4 is 16.1 Å². The maximum absolute atomic E-state index is 11.9. The highest BCUT2D eigenvalue weighted by Gasteiger charge is 2.18. The highest BCUT2D eigenvalue weighted by molar-refractivity contribution is 7.90. The summed E-state index contributed by atoms with van der Waals surface area (Å²) in [6, 6.07) is 14.4. The van der Waals surface area contributed by atoms with Gasteiger partial charge in [0.1, 0.15) is 5.75 Å². The van der Waals surface area contributed by atoms with Crippen LogP contribution in [0, 0.1) is 6.92 Å². The summed E-state index contributed by atoms with van der Waals surface area (Å²) in [4.78, 5) is 11.6. The SMILES string of the molecule is Cc1ccc(S(=O)(=O)NC(=O)Oc2ccccc2)cc1. The molecule has 20 heavy (non-hydrogen) atoms. The van der Waals surface area contributed by atoms with E-state index in [4.69, 9.17) is 4.74 Å². The van der Waals surface area contributed by atoms with E-state index >= 15 is 0 Å². The van der Waals surface area contributed by atoms with Gasteiger partial charge in [0.15, 0.2) is 0 Å². The van der Waals surface area contributed by atoms with Gasteiger partial charge in [0.05, 0.1) is 4.90 Å². The van der Waals surface area contributed by atoms with Crippen LogP contribution >= 0.6 is 0 Å². The van der Waals surface area contributed by atoms with E-state index in [2.05, 4.69) is 0 Å². The molecule has 0 saturated carbocycles. The number of rotatable bonds is 3. The number of hydrogen-bond acceptors (Lipinski definition) is 4. The summed E-state index contributed by atoms with van der Waals surface area (Å²) >= 11 is 0. The molecule has 0 spiro atoms. The molecular formula is C14H13NO4S. The second-order valence-corrected chi connectivity index (χ2v) is 5.80. The van der Waals surface area contributed by atoms with E-state index in [9.17, 15) is 13.2 Å². The highest BCUT2D eigenvalue weighted by atomic mass is 32.2. The third-order valence-electron chi connectivity index (χ3n) is 2.50. The van der Waals surface area contributed by atoms with Crippen LogP contribution < -0.4 is 9.46 Å². The van der Waals surface area contributed by atoms with Gasteiger partial charge in [0, 0.05) is 0 Å². The minimum absolute atomic E-state index is 0.00751. The fourth-order valence-corrected chi connectivity index (χ4v) is 2.38. The zero-order valence-corrected chi connectivity index (χ0v) is 11.6. The number of nitrogens with one attached hydrogen (secondary N) is 1. The Labute approximate surface area is 117 Å². The number of benzene rings is 2. The van der Waals surface area contributed by atoms with E-state index in [-0.39, 0.29) is 10.6 Å². The summed E-state index contributed by atoms with van der Waals surface area (Å²) < 4.78 is 30.6. The van der Waals surface area contributed by atoms with Crippen LogP contribution in [0.5, 0.6) is 5.75 Å². The molecule has 0 aromatic heterocycles. The van der Waals surface area contributed by atoms with Gasteiger partial charge in [0.2, 0.25) is 0 Å². The third kappa shape index (κ3) is 3.58. The van der Waals surface area contributed by atoms with Crippen molar-refractivity contribution in [3.05, 3.63) is 60.2 Å². The smallest absolute Gasteiger partial charge is 0.410 e. The van der Waals surface area contributed by atoms with Gasteiger partial charge >= 0.3 is 6.09 Å². The summed E-state index contributed by atoms with van der Waals surface area (Å²) in [6.07, 6.45) is -1.04. The second-order valence-electron chi connectivity index (χ2n) is 4.12. The van der Waals surface area contributed by atoms with Crippen LogP contribution in [0.4, 0.5) is 4.79 Å². The maximum Gasteiger partial charge on any atom is 0.426 e. The summed E-state index contributed by atoms with van der Waals surface area (Å²) in [5.74, 6) is 0.268. The summed E-state index contributed by atoms with van der Waals surface area (Å²) in [6.45, 7) is 1.84. The average molecular weight is 291 g/mol. The lowest BCUT2D eigenvalue weighted by molar-refractivity contribution is 0.207. The molecule has 0 unspecified atom stereocenters. The molecule has 0 heterocycles. The number of ether oxygens (including phenoxy) is 1. The quantitative estimate of drug-likeness (QED) is 0.943. The Bertz CT molecular complexity index is 694. The van der Waals surface area contributed by atoms with E-state index in [0.717, 1.165) is 5.56 Å². The molecule has 0 radical (unpaired) electrons. The first-order valence-electron chi connectivity index (χ1n) is 5.84. The number of carbonyl (C=O) groups excluding carboxylic acids is 1. The van der Waals surface area contributed by atoms with Gasteiger partial charge < -0.3 is 4.74 Å². The van der Waals surface area contributed by atoms with E-state index in [1.165, 1.54) is 12.1 Å². The first-order valence-corrected chi connectivity index (χ1v) is 7.32. The molecule has 1 N–H and O–H groups in total. The number of para-hydroxylation sites is 1. The Balaban J connectivity index is 2.08. The molecule has 2 aromatic carbocycles. The molecule has 0 aliphatic carbocycles. The Morgan fingerprint density at radius 1 is 1.00 bits per heavy atom. The van der Waals surface area contributed by atoms with Gasteiger partial charge in [-0.2, -0.15) is 0 Å². The summed E-state index contributed by atoms with van der Waals surface area (Å²) in [5, 5.41) is 0. The van der Waals surface area contributed by atoms with Gasteiger partial charge in [-0.15, -0.1) is 0 Å². The van der Waals surface area contributed by atoms with Crippen LogP contribution in [0.3, 0.4) is 0 Å². The van der Waals surface area contributed by atoms with Crippen LogP contribution in [-0.4, -0.2) is 14.5 Å². The van der Waals surface area contributed by atoms with Crippen LogP contribution in [-0.2, 0) is 10.0 Å². The molecule has 2 rings (SSSR count). The van der Waals surface area contributed by atoms with Crippen molar-refractivity contribution in [3.63, 3.8) is 0 Å². The zero-order chi connectivity index (χ0) is 14.6. The third-order valence-corrected chi connectivity index (χ3v) is 3.83. The first kappa shape index (κ1) is 14.1. The van der Waals surface area contributed by atoms with E-state index in [1.807, 2.05) is 11.6 Å². The van der Waals surface area contributed by atoms with Gasteiger partial charge in [-0.1, -0.05) is 35.9 Å². The van der Waals surface area contributed by atoms with Gasteiger partial charge in [-0.3, -0.25) is 0 Å². The predicted molar refractivity (Wildman–Crippen MR) is 74.0 cm³/mol. The molecule has 2 aromatic rings. The molecule has 1 amide bonds. The zero-order valence-electron chi connectivity index (χ0n) is 10.7. The molecule has 0 saturated heterocycles. The van der Waals surface area contributed by atoms with Crippen molar-refractivity contribution in [2.45, 2.75) is 11.8 Å². The number of amides is 1. The van der Waals surface area contributed by atoms with Crippen molar-refractivity contribution in [1.82, 2.24) is 4.72 Å². The van der Waals surface area contributed by atoms with Crippen LogP contribution in [0.25, 0.3) is 0 Å². The number of hydrogen-bond donors (Lipinski definition) is 1. The fourth-order valence-electron chi connectivity index (χ4n) is 1.50. The topological polar surface area (TPSA) is 72.5 Å². The van der Waals surface area contributed by atoms with Gasteiger partial charge in [-0.05, 0) is 31.2 Å². The molecule has 0 atom stereocenters. The molecule has 104 valence electrons. The molecular weight excluding hydrogens is 278 g/mol. The monoisotopic (exact) mass is 291 g/mol. The standard InChI is InChI=1S/C14H13NO4S/c1-11-7-9-13(10-8-11)20(17,18)15-14(16)19-12-5-3-2-4-6-12/h2-10H,1H3,(H,15,16).